The topological polar surface area (TPSA) is 20.3 Å². The summed E-state index contributed by atoms with van der Waals surface area (Å²) in [5.41, 5.74) is 0. The molecule has 1 fully saturated rings. The third-order valence-corrected chi connectivity index (χ3v) is 4.73. The summed E-state index contributed by atoms with van der Waals surface area (Å²) in [6, 6.07) is 10.6. The van der Waals surface area contributed by atoms with Gasteiger partial charge in [0.1, 0.15) is 0 Å². The molecule has 2 nitrogen and oxygen atoms in total. The van der Waals surface area contributed by atoms with Crippen LogP contribution in [0.5, 0.6) is 0 Å². The molecule has 1 aliphatic rings. The first-order chi connectivity index (χ1) is 9.26. The Labute approximate surface area is 117 Å². The number of benzene rings is 1. The summed E-state index contributed by atoms with van der Waals surface area (Å²) in [7, 11) is 0. The van der Waals surface area contributed by atoms with Crippen molar-refractivity contribution in [3.8, 4) is 12.3 Å². The molecule has 0 N–H and O–H groups in total. The maximum Gasteiger partial charge on any atom is 0.223 e. The second kappa shape index (κ2) is 5.07. The lowest BCUT2D eigenvalue weighted by molar-refractivity contribution is -0.127. The van der Waals surface area contributed by atoms with Crippen LogP contribution in [0, 0.1) is 18.3 Å². The molecule has 2 aromatic rings. The van der Waals surface area contributed by atoms with Gasteiger partial charge in [0.25, 0.3) is 0 Å². The van der Waals surface area contributed by atoms with E-state index in [1.54, 1.807) is 0 Å². The summed E-state index contributed by atoms with van der Waals surface area (Å²) < 4.78 is 1.31. The normalized spacial score (nSPS) is 19.0. The van der Waals surface area contributed by atoms with E-state index in [1.165, 1.54) is 15.0 Å². The minimum atomic E-state index is 0.106. The third kappa shape index (κ3) is 2.50. The van der Waals surface area contributed by atoms with Crippen molar-refractivity contribution in [2.24, 2.45) is 5.92 Å². The predicted octanol–water partition coefficient (Wildman–Crippen LogP) is 2.93. The summed E-state index contributed by atoms with van der Waals surface area (Å²) in [4.78, 5) is 15.0. The van der Waals surface area contributed by atoms with Gasteiger partial charge in [-0.25, -0.2) is 0 Å². The highest BCUT2D eigenvalue weighted by Crippen LogP contribution is 2.26. The van der Waals surface area contributed by atoms with Gasteiger partial charge in [-0.05, 0) is 23.9 Å². The van der Waals surface area contributed by atoms with E-state index in [0.717, 1.165) is 19.5 Å². The van der Waals surface area contributed by atoms with Crippen LogP contribution < -0.4 is 0 Å². The zero-order valence-corrected chi connectivity index (χ0v) is 11.5. The SMILES string of the molecule is C#CC1CC(=O)N(CCc2cc3ccccc3s2)C1. The molecule has 1 unspecified atom stereocenters. The van der Waals surface area contributed by atoms with E-state index < -0.39 is 0 Å². The average molecular weight is 269 g/mol. The molecule has 0 saturated carbocycles. The lowest BCUT2D eigenvalue weighted by Gasteiger charge is -2.14. The lowest BCUT2D eigenvalue weighted by Crippen LogP contribution is -2.27. The number of thiophene rings is 1. The van der Waals surface area contributed by atoms with E-state index in [9.17, 15) is 4.79 Å². The zero-order valence-electron chi connectivity index (χ0n) is 10.6. The molecule has 1 aliphatic heterocycles. The Kier molecular flexibility index (Phi) is 3.27. The van der Waals surface area contributed by atoms with Gasteiger partial charge >= 0.3 is 0 Å². The number of likely N-dealkylation sites (tertiary alicyclic amines) is 1. The van der Waals surface area contributed by atoms with Crippen molar-refractivity contribution >= 4 is 27.3 Å². The Morgan fingerprint density at radius 3 is 3.00 bits per heavy atom. The number of terminal acetylenes is 1. The summed E-state index contributed by atoms with van der Waals surface area (Å²) in [6.45, 7) is 1.50. The number of hydrogen-bond donors (Lipinski definition) is 0. The van der Waals surface area contributed by atoms with Gasteiger partial charge in [0.15, 0.2) is 0 Å². The Hall–Kier alpha value is -1.79. The van der Waals surface area contributed by atoms with Crippen LogP contribution in [0.1, 0.15) is 11.3 Å². The van der Waals surface area contributed by atoms with Gasteiger partial charge in [0.2, 0.25) is 5.91 Å². The van der Waals surface area contributed by atoms with Crippen molar-refractivity contribution in [2.75, 3.05) is 13.1 Å². The van der Waals surface area contributed by atoms with Crippen LogP contribution in [-0.4, -0.2) is 23.9 Å². The average Bonchev–Trinajstić information content (AvgIpc) is 2.99. The van der Waals surface area contributed by atoms with Crippen molar-refractivity contribution in [3.63, 3.8) is 0 Å². The van der Waals surface area contributed by atoms with E-state index in [2.05, 4.69) is 36.3 Å². The van der Waals surface area contributed by atoms with Gasteiger partial charge in [0.05, 0.1) is 0 Å². The number of carbonyl (C=O) groups excluding carboxylic acids is 1. The Morgan fingerprint density at radius 2 is 2.26 bits per heavy atom. The number of rotatable bonds is 3. The van der Waals surface area contributed by atoms with Crippen LogP contribution in [0.25, 0.3) is 10.1 Å². The molecule has 19 heavy (non-hydrogen) atoms. The quantitative estimate of drug-likeness (QED) is 0.785. The molecule has 0 spiro atoms. The molecule has 2 heterocycles. The van der Waals surface area contributed by atoms with E-state index in [0.29, 0.717) is 6.42 Å². The van der Waals surface area contributed by atoms with Crippen molar-refractivity contribution < 1.29 is 4.79 Å². The van der Waals surface area contributed by atoms with E-state index in [1.807, 2.05) is 16.2 Å². The monoisotopic (exact) mass is 269 g/mol. The van der Waals surface area contributed by atoms with Crippen molar-refractivity contribution in [1.29, 1.82) is 0 Å². The van der Waals surface area contributed by atoms with Crippen LogP contribution in [0.4, 0.5) is 0 Å². The lowest BCUT2D eigenvalue weighted by atomic mass is 10.1. The van der Waals surface area contributed by atoms with Crippen molar-refractivity contribution in [1.82, 2.24) is 4.90 Å². The molecule has 0 radical (unpaired) electrons. The summed E-state index contributed by atoms with van der Waals surface area (Å²) in [5.74, 6) is 2.99. The maximum absolute atomic E-state index is 11.8. The van der Waals surface area contributed by atoms with Crippen LogP contribution in [-0.2, 0) is 11.2 Å². The highest BCUT2D eigenvalue weighted by Gasteiger charge is 2.27. The van der Waals surface area contributed by atoms with Gasteiger partial charge < -0.3 is 4.90 Å². The number of amides is 1. The molecular formula is C16H15NOS. The molecule has 1 saturated heterocycles. The molecule has 0 aliphatic carbocycles. The molecule has 1 aromatic heterocycles. The first-order valence-corrected chi connectivity index (χ1v) is 7.29. The van der Waals surface area contributed by atoms with E-state index >= 15 is 0 Å². The second-order valence-electron chi connectivity index (χ2n) is 4.91. The van der Waals surface area contributed by atoms with E-state index in [-0.39, 0.29) is 11.8 Å². The standard InChI is InChI=1S/C16H15NOS/c1-2-12-9-16(18)17(11-12)8-7-14-10-13-5-3-4-6-15(13)19-14/h1,3-6,10,12H,7-9,11H2. The summed E-state index contributed by atoms with van der Waals surface area (Å²) in [5, 5.41) is 1.29. The highest BCUT2D eigenvalue weighted by atomic mass is 32.1. The molecule has 3 rings (SSSR count). The molecule has 0 bridgehead atoms. The van der Waals surface area contributed by atoms with Gasteiger partial charge in [-0.2, -0.15) is 0 Å². The van der Waals surface area contributed by atoms with Gasteiger partial charge in [-0.3, -0.25) is 4.79 Å². The minimum Gasteiger partial charge on any atom is -0.341 e. The fraction of sp³-hybridized carbons (Fsp3) is 0.312. The zero-order chi connectivity index (χ0) is 13.2. The van der Waals surface area contributed by atoms with Crippen LogP contribution in [0.15, 0.2) is 30.3 Å². The summed E-state index contributed by atoms with van der Waals surface area (Å²) in [6.07, 6.45) is 6.83. The smallest absolute Gasteiger partial charge is 0.223 e. The second-order valence-corrected chi connectivity index (χ2v) is 6.08. The van der Waals surface area contributed by atoms with Gasteiger partial charge in [0, 0.05) is 35.0 Å². The summed E-state index contributed by atoms with van der Waals surface area (Å²) >= 11 is 1.81. The number of nitrogens with zero attached hydrogens (tertiary/aromatic N) is 1. The van der Waals surface area contributed by atoms with Crippen molar-refractivity contribution in [2.45, 2.75) is 12.8 Å². The first kappa shape index (κ1) is 12.3. The molecule has 1 amide bonds. The number of carbonyl (C=O) groups is 1. The predicted molar refractivity (Wildman–Crippen MR) is 79.0 cm³/mol. The number of hydrogen-bond acceptors (Lipinski definition) is 2. The fourth-order valence-corrected chi connectivity index (χ4v) is 3.56. The maximum atomic E-state index is 11.8. The van der Waals surface area contributed by atoms with Gasteiger partial charge in [-0.1, -0.05) is 18.2 Å². The fourth-order valence-electron chi connectivity index (χ4n) is 2.51. The van der Waals surface area contributed by atoms with Crippen LogP contribution in [0.3, 0.4) is 0 Å². The first-order valence-electron chi connectivity index (χ1n) is 6.47. The van der Waals surface area contributed by atoms with Crippen LogP contribution >= 0.6 is 11.3 Å². The van der Waals surface area contributed by atoms with E-state index in [4.69, 9.17) is 6.42 Å². The molecular weight excluding hydrogens is 254 g/mol. The van der Waals surface area contributed by atoms with Crippen molar-refractivity contribution in [3.05, 3.63) is 35.2 Å². The molecule has 3 heteroatoms. The molecule has 1 aromatic carbocycles. The molecule has 1 atom stereocenters. The highest BCUT2D eigenvalue weighted by molar-refractivity contribution is 7.19. The Balaban J connectivity index is 1.66. The van der Waals surface area contributed by atoms with Gasteiger partial charge in [-0.15, -0.1) is 23.7 Å². The molecule has 96 valence electrons. The Morgan fingerprint density at radius 1 is 1.42 bits per heavy atom. The largest absolute Gasteiger partial charge is 0.341 e. The minimum absolute atomic E-state index is 0.106. The van der Waals surface area contributed by atoms with Crippen LogP contribution in [0.2, 0.25) is 0 Å². The number of fused-ring (bicyclic) bond motifs is 1. The third-order valence-electron chi connectivity index (χ3n) is 3.55. The Bertz CT molecular complexity index is 619.